The van der Waals surface area contributed by atoms with Gasteiger partial charge in [0.25, 0.3) is 0 Å². The predicted molar refractivity (Wildman–Crippen MR) is 47.0 cm³/mol. The summed E-state index contributed by atoms with van der Waals surface area (Å²) in [6, 6.07) is 0. The van der Waals surface area contributed by atoms with E-state index in [1.165, 1.54) is 6.92 Å². The first kappa shape index (κ1) is 12.4. The molecule has 13 heavy (non-hydrogen) atoms. The Balaban J connectivity index is 4.17. The molecular weight excluding hydrogens is 194 g/mol. The Labute approximate surface area is 78.3 Å². The van der Waals surface area contributed by atoms with Crippen LogP contribution in [0.3, 0.4) is 0 Å². The minimum Gasteiger partial charge on any atom is -0.748 e. The number of rotatable bonds is 4. The fourth-order valence-corrected chi connectivity index (χ4v) is 1.95. The van der Waals surface area contributed by atoms with Gasteiger partial charge in [-0.05, 0) is 5.41 Å². The summed E-state index contributed by atoms with van der Waals surface area (Å²) in [5.74, 6) is -0.711. The van der Waals surface area contributed by atoms with Crippen LogP contribution in [-0.4, -0.2) is 31.2 Å². The summed E-state index contributed by atoms with van der Waals surface area (Å²) >= 11 is 0. The smallest absolute Gasteiger partial charge is 0.216 e. The van der Waals surface area contributed by atoms with Crippen LogP contribution in [0.5, 0.6) is 0 Å². The zero-order valence-electron chi connectivity index (χ0n) is 7.96. The van der Waals surface area contributed by atoms with Gasteiger partial charge in [0.05, 0.1) is 10.1 Å². The van der Waals surface area contributed by atoms with E-state index in [0.29, 0.717) is 0 Å². The van der Waals surface area contributed by atoms with E-state index in [1.54, 1.807) is 13.8 Å². The standard InChI is InChI=1S/C7H15NO4S/c1-6(9)8-4-7(2,3)5-13(10,11)12/h4-5H2,1-3H3,(H,8,9)(H,10,11,12)/p-1. The summed E-state index contributed by atoms with van der Waals surface area (Å²) in [6.07, 6.45) is 0. The number of amides is 1. The SMILES string of the molecule is CC(=O)NCC(C)(C)CS(=O)(=O)[O-]. The first-order chi connectivity index (χ1) is 5.62. The molecule has 0 aliphatic carbocycles. The number of nitrogens with one attached hydrogen (secondary N) is 1. The first-order valence-corrected chi connectivity index (χ1v) is 5.38. The normalized spacial score (nSPS) is 12.6. The monoisotopic (exact) mass is 208 g/mol. The molecule has 0 spiro atoms. The van der Waals surface area contributed by atoms with Gasteiger partial charge in [-0.2, -0.15) is 0 Å². The van der Waals surface area contributed by atoms with Gasteiger partial charge < -0.3 is 9.87 Å². The lowest BCUT2D eigenvalue weighted by atomic mass is 9.96. The molecule has 1 amide bonds. The van der Waals surface area contributed by atoms with Gasteiger partial charge in [0.2, 0.25) is 5.91 Å². The van der Waals surface area contributed by atoms with Crippen molar-refractivity contribution < 1.29 is 17.8 Å². The van der Waals surface area contributed by atoms with Crippen molar-refractivity contribution in [3.63, 3.8) is 0 Å². The minimum absolute atomic E-state index is 0.184. The fraction of sp³-hybridized carbons (Fsp3) is 0.857. The molecule has 6 heteroatoms. The molecule has 0 aromatic heterocycles. The summed E-state index contributed by atoms with van der Waals surface area (Å²) in [7, 11) is -4.23. The van der Waals surface area contributed by atoms with Gasteiger partial charge in [0.1, 0.15) is 0 Å². The summed E-state index contributed by atoms with van der Waals surface area (Å²) in [6.45, 7) is 4.74. The Morgan fingerprint density at radius 1 is 1.46 bits per heavy atom. The average molecular weight is 208 g/mol. The van der Waals surface area contributed by atoms with Crippen molar-refractivity contribution in [1.82, 2.24) is 5.32 Å². The highest BCUT2D eigenvalue weighted by atomic mass is 32.2. The van der Waals surface area contributed by atoms with Crippen LogP contribution in [0.25, 0.3) is 0 Å². The molecule has 0 unspecified atom stereocenters. The van der Waals surface area contributed by atoms with Crippen LogP contribution in [-0.2, 0) is 14.9 Å². The Kier molecular flexibility index (Phi) is 3.87. The van der Waals surface area contributed by atoms with Gasteiger partial charge >= 0.3 is 0 Å². The summed E-state index contributed by atoms with van der Waals surface area (Å²) in [5, 5.41) is 2.47. The van der Waals surface area contributed by atoms with Crippen molar-refractivity contribution in [3.8, 4) is 0 Å². The Morgan fingerprint density at radius 3 is 2.23 bits per heavy atom. The molecule has 0 aromatic carbocycles. The van der Waals surface area contributed by atoms with Crippen molar-refractivity contribution >= 4 is 16.0 Å². The van der Waals surface area contributed by atoms with Crippen LogP contribution in [0.15, 0.2) is 0 Å². The molecule has 0 radical (unpaired) electrons. The maximum Gasteiger partial charge on any atom is 0.216 e. The molecule has 0 fully saturated rings. The third kappa shape index (κ3) is 7.73. The number of carbonyl (C=O) groups excluding carboxylic acids is 1. The summed E-state index contributed by atoms with van der Waals surface area (Å²) in [5.41, 5.74) is -0.716. The van der Waals surface area contributed by atoms with Gasteiger partial charge in [-0.15, -0.1) is 0 Å². The lowest BCUT2D eigenvalue weighted by Crippen LogP contribution is -2.37. The van der Waals surface area contributed by atoms with E-state index in [4.69, 9.17) is 0 Å². The van der Waals surface area contributed by atoms with E-state index in [0.717, 1.165) is 0 Å². The van der Waals surface area contributed by atoms with Crippen molar-refractivity contribution in [2.24, 2.45) is 5.41 Å². The topological polar surface area (TPSA) is 86.3 Å². The van der Waals surface area contributed by atoms with Crippen LogP contribution in [0.1, 0.15) is 20.8 Å². The Bertz CT molecular complexity index is 281. The molecule has 0 atom stereocenters. The molecule has 0 bridgehead atoms. The predicted octanol–water partition coefficient (Wildman–Crippen LogP) is -0.306. The van der Waals surface area contributed by atoms with Crippen molar-refractivity contribution in [2.75, 3.05) is 12.3 Å². The van der Waals surface area contributed by atoms with Crippen molar-refractivity contribution in [2.45, 2.75) is 20.8 Å². The second-order valence-electron chi connectivity index (χ2n) is 3.78. The van der Waals surface area contributed by atoms with Crippen LogP contribution in [0, 0.1) is 5.41 Å². The van der Waals surface area contributed by atoms with Gasteiger partial charge in [0, 0.05) is 19.2 Å². The minimum atomic E-state index is -4.23. The lowest BCUT2D eigenvalue weighted by molar-refractivity contribution is -0.119. The third-order valence-corrected chi connectivity index (χ3v) is 2.52. The maximum absolute atomic E-state index is 10.5. The van der Waals surface area contributed by atoms with Gasteiger partial charge in [-0.3, -0.25) is 4.79 Å². The van der Waals surface area contributed by atoms with Crippen LogP contribution >= 0.6 is 0 Å². The second-order valence-corrected chi connectivity index (χ2v) is 5.18. The van der Waals surface area contributed by atoms with Gasteiger partial charge in [0.15, 0.2) is 0 Å². The average Bonchev–Trinajstić information content (AvgIpc) is 1.78. The van der Waals surface area contributed by atoms with Crippen LogP contribution in [0.2, 0.25) is 0 Å². The quantitative estimate of drug-likeness (QED) is 0.642. The second kappa shape index (κ2) is 4.06. The summed E-state index contributed by atoms with van der Waals surface area (Å²) in [4.78, 5) is 10.5. The zero-order valence-corrected chi connectivity index (χ0v) is 8.77. The Morgan fingerprint density at radius 2 is 1.92 bits per heavy atom. The Hall–Kier alpha value is -0.620. The number of hydrogen-bond donors (Lipinski definition) is 1. The molecule has 0 aromatic rings. The molecule has 0 saturated carbocycles. The highest BCUT2D eigenvalue weighted by Gasteiger charge is 2.21. The van der Waals surface area contributed by atoms with E-state index >= 15 is 0 Å². The molecule has 78 valence electrons. The van der Waals surface area contributed by atoms with Gasteiger partial charge in [-0.25, -0.2) is 8.42 Å². The molecule has 0 aliphatic heterocycles. The highest BCUT2D eigenvalue weighted by Crippen LogP contribution is 2.15. The molecule has 0 rings (SSSR count). The lowest BCUT2D eigenvalue weighted by Gasteiger charge is -2.25. The van der Waals surface area contributed by atoms with E-state index in [2.05, 4.69) is 5.32 Å². The molecular formula is C7H14NO4S-. The van der Waals surface area contributed by atoms with Crippen molar-refractivity contribution in [3.05, 3.63) is 0 Å². The largest absolute Gasteiger partial charge is 0.748 e. The van der Waals surface area contributed by atoms with Crippen LogP contribution < -0.4 is 5.32 Å². The van der Waals surface area contributed by atoms with E-state index < -0.39 is 21.3 Å². The zero-order chi connectivity index (χ0) is 10.7. The van der Waals surface area contributed by atoms with E-state index in [9.17, 15) is 17.8 Å². The first-order valence-electron chi connectivity index (χ1n) is 3.80. The molecule has 1 N–H and O–H groups in total. The highest BCUT2D eigenvalue weighted by molar-refractivity contribution is 7.85. The third-order valence-electron chi connectivity index (χ3n) is 1.38. The molecule has 0 saturated heterocycles. The fourth-order valence-electron chi connectivity index (χ4n) is 0.893. The van der Waals surface area contributed by atoms with Crippen molar-refractivity contribution in [1.29, 1.82) is 0 Å². The molecule has 5 nitrogen and oxygen atoms in total. The number of carbonyl (C=O) groups is 1. The van der Waals surface area contributed by atoms with E-state index in [1.807, 2.05) is 0 Å². The maximum atomic E-state index is 10.5. The van der Waals surface area contributed by atoms with Gasteiger partial charge in [-0.1, -0.05) is 13.8 Å². The van der Waals surface area contributed by atoms with Crippen LogP contribution in [0.4, 0.5) is 0 Å². The summed E-state index contributed by atoms with van der Waals surface area (Å²) < 4.78 is 31.3. The molecule has 0 aliphatic rings. The number of hydrogen-bond acceptors (Lipinski definition) is 4. The molecule has 0 heterocycles. The van der Waals surface area contributed by atoms with E-state index in [-0.39, 0.29) is 12.5 Å².